The summed E-state index contributed by atoms with van der Waals surface area (Å²) in [5, 5.41) is 0. The van der Waals surface area contributed by atoms with Crippen molar-refractivity contribution in [1.82, 2.24) is 15.0 Å². The van der Waals surface area contributed by atoms with Gasteiger partial charge in [0.25, 0.3) is 0 Å². The zero-order valence-corrected chi connectivity index (χ0v) is 13.8. The first-order valence-electron chi connectivity index (χ1n) is 7.42. The lowest BCUT2D eigenvalue weighted by molar-refractivity contribution is 0.753. The number of para-hydroxylation sites is 1. The fraction of sp³-hybridized carbons (Fsp3) is 0.294. The van der Waals surface area contributed by atoms with E-state index in [2.05, 4.69) is 56.3 Å². The highest BCUT2D eigenvalue weighted by Gasteiger charge is 2.25. The molecule has 4 rings (SSSR count). The van der Waals surface area contributed by atoms with E-state index in [1.807, 2.05) is 13.1 Å². The summed E-state index contributed by atoms with van der Waals surface area (Å²) in [6.07, 6.45) is 3.05. The Morgan fingerprint density at radius 2 is 2.00 bits per heavy atom. The van der Waals surface area contributed by atoms with Crippen LogP contribution in [0.3, 0.4) is 0 Å². The summed E-state index contributed by atoms with van der Waals surface area (Å²) in [6, 6.07) is 12.8. The first-order valence-corrected chi connectivity index (χ1v) is 7.42. The van der Waals surface area contributed by atoms with Gasteiger partial charge in [-0.25, -0.2) is 9.97 Å². The van der Waals surface area contributed by atoms with Crippen LogP contribution in [0.1, 0.15) is 23.9 Å². The minimum atomic E-state index is 0. The van der Waals surface area contributed by atoms with Gasteiger partial charge < -0.3 is 15.4 Å². The van der Waals surface area contributed by atoms with Gasteiger partial charge in [0.2, 0.25) is 0 Å². The summed E-state index contributed by atoms with van der Waals surface area (Å²) < 4.78 is 0. The number of H-pyrrole nitrogens is 1. The number of fused-ring (bicyclic) bond motifs is 1. The maximum absolute atomic E-state index is 4.49. The molecule has 0 spiro atoms. The Morgan fingerprint density at radius 3 is 2.78 bits per heavy atom. The molecule has 3 N–H and O–H groups in total. The summed E-state index contributed by atoms with van der Waals surface area (Å²) in [5.74, 6) is 1.37. The molecule has 1 aliphatic rings. The molecule has 1 saturated heterocycles. The van der Waals surface area contributed by atoms with Crippen LogP contribution in [-0.4, -0.2) is 33.5 Å². The SMILES string of the molecule is Cc1ncc2[nH]c(C3CCN(c4ccccc4)C3)cc2n1.Cl.O. The lowest BCUT2D eigenvalue weighted by Crippen LogP contribution is -2.18. The zero-order chi connectivity index (χ0) is 14.2. The Morgan fingerprint density at radius 1 is 1.22 bits per heavy atom. The van der Waals surface area contributed by atoms with Crippen molar-refractivity contribution >= 4 is 29.1 Å². The second-order valence-corrected chi connectivity index (χ2v) is 5.71. The predicted molar refractivity (Wildman–Crippen MR) is 95.5 cm³/mol. The number of aromatic amines is 1. The number of nitrogens with zero attached hydrogens (tertiary/aromatic N) is 3. The molecule has 0 radical (unpaired) electrons. The number of aromatic nitrogens is 3. The smallest absolute Gasteiger partial charge is 0.126 e. The van der Waals surface area contributed by atoms with Crippen LogP contribution < -0.4 is 4.90 Å². The number of aryl methyl sites for hydroxylation is 1. The molecule has 0 aliphatic carbocycles. The van der Waals surface area contributed by atoms with Gasteiger partial charge in [0.05, 0.1) is 17.2 Å². The lowest BCUT2D eigenvalue weighted by atomic mass is 10.1. The maximum Gasteiger partial charge on any atom is 0.126 e. The lowest BCUT2D eigenvalue weighted by Gasteiger charge is -2.18. The maximum atomic E-state index is 4.49. The van der Waals surface area contributed by atoms with Gasteiger partial charge in [-0.05, 0) is 31.5 Å². The molecule has 23 heavy (non-hydrogen) atoms. The number of rotatable bonds is 2. The third kappa shape index (κ3) is 3.30. The van der Waals surface area contributed by atoms with Gasteiger partial charge in [0.15, 0.2) is 0 Å². The van der Waals surface area contributed by atoms with Crippen molar-refractivity contribution in [2.24, 2.45) is 0 Å². The summed E-state index contributed by atoms with van der Waals surface area (Å²) in [5.41, 5.74) is 4.65. The standard InChI is InChI=1S/C17H18N4.ClH.H2O/c1-12-18-10-17-16(19-12)9-15(20-17)13-7-8-21(11-13)14-5-3-2-4-6-14;;/h2-6,9-10,13,20H,7-8,11H2,1H3;1H;1H2. The molecule has 2 aromatic heterocycles. The van der Waals surface area contributed by atoms with E-state index >= 15 is 0 Å². The van der Waals surface area contributed by atoms with Crippen molar-refractivity contribution in [3.05, 3.63) is 54.1 Å². The topological polar surface area (TPSA) is 76.3 Å². The van der Waals surface area contributed by atoms with Crippen LogP contribution in [0.15, 0.2) is 42.6 Å². The monoisotopic (exact) mass is 332 g/mol. The van der Waals surface area contributed by atoms with Crippen molar-refractivity contribution in [2.45, 2.75) is 19.3 Å². The van der Waals surface area contributed by atoms with Crippen LogP contribution in [0, 0.1) is 6.92 Å². The highest BCUT2D eigenvalue weighted by molar-refractivity contribution is 5.85. The fourth-order valence-electron chi connectivity index (χ4n) is 3.14. The fourth-order valence-corrected chi connectivity index (χ4v) is 3.14. The van der Waals surface area contributed by atoms with Gasteiger partial charge in [0, 0.05) is 30.4 Å². The second kappa shape index (κ2) is 6.98. The van der Waals surface area contributed by atoms with Crippen molar-refractivity contribution in [3.8, 4) is 0 Å². The van der Waals surface area contributed by atoms with E-state index in [1.54, 1.807) is 0 Å². The first kappa shape index (κ1) is 17.2. The Kier molecular flexibility index (Phi) is 5.23. The molecular weight excluding hydrogens is 312 g/mol. The molecule has 0 bridgehead atoms. The molecule has 3 heterocycles. The van der Waals surface area contributed by atoms with Gasteiger partial charge >= 0.3 is 0 Å². The van der Waals surface area contributed by atoms with Crippen LogP contribution in [0.5, 0.6) is 0 Å². The van der Waals surface area contributed by atoms with Gasteiger partial charge in [-0.3, -0.25) is 0 Å². The number of hydrogen-bond acceptors (Lipinski definition) is 3. The number of benzene rings is 1. The molecule has 1 aromatic carbocycles. The highest BCUT2D eigenvalue weighted by Crippen LogP contribution is 2.31. The van der Waals surface area contributed by atoms with Gasteiger partial charge in [-0.2, -0.15) is 0 Å². The predicted octanol–water partition coefficient (Wildman–Crippen LogP) is 2.86. The normalized spacial score (nSPS) is 16.9. The number of nitrogens with one attached hydrogen (secondary N) is 1. The Labute approximate surface area is 141 Å². The van der Waals surface area contributed by atoms with Crippen molar-refractivity contribution in [3.63, 3.8) is 0 Å². The zero-order valence-electron chi connectivity index (χ0n) is 13.0. The van der Waals surface area contributed by atoms with Gasteiger partial charge in [-0.1, -0.05) is 18.2 Å². The van der Waals surface area contributed by atoms with Crippen LogP contribution in [0.25, 0.3) is 11.0 Å². The Hall–Kier alpha value is -2.11. The molecule has 6 heteroatoms. The molecule has 1 fully saturated rings. The van der Waals surface area contributed by atoms with E-state index < -0.39 is 0 Å². The van der Waals surface area contributed by atoms with E-state index in [4.69, 9.17) is 0 Å². The molecule has 1 aliphatic heterocycles. The largest absolute Gasteiger partial charge is 0.412 e. The van der Waals surface area contributed by atoms with Crippen molar-refractivity contribution in [1.29, 1.82) is 0 Å². The number of hydrogen-bond donors (Lipinski definition) is 1. The first-order chi connectivity index (χ1) is 10.3. The van der Waals surface area contributed by atoms with Crippen LogP contribution in [0.4, 0.5) is 5.69 Å². The molecule has 1 atom stereocenters. The second-order valence-electron chi connectivity index (χ2n) is 5.71. The van der Waals surface area contributed by atoms with Crippen molar-refractivity contribution in [2.75, 3.05) is 18.0 Å². The van der Waals surface area contributed by atoms with E-state index in [-0.39, 0.29) is 17.9 Å². The van der Waals surface area contributed by atoms with E-state index in [0.717, 1.165) is 29.9 Å². The molecule has 5 nitrogen and oxygen atoms in total. The molecule has 1 unspecified atom stereocenters. The molecule has 0 amide bonds. The average Bonchev–Trinajstić information content (AvgIpc) is 3.14. The number of anilines is 1. The number of halogens is 1. The third-order valence-electron chi connectivity index (χ3n) is 4.26. The Balaban J connectivity index is 0.000000960. The minimum absolute atomic E-state index is 0. The van der Waals surface area contributed by atoms with E-state index in [1.165, 1.54) is 17.8 Å². The molecule has 122 valence electrons. The van der Waals surface area contributed by atoms with Crippen LogP contribution >= 0.6 is 12.4 Å². The summed E-state index contributed by atoms with van der Waals surface area (Å²) in [7, 11) is 0. The van der Waals surface area contributed by atoms with Crippen LogP contribution in [0.2, 0.25) is 0 Å². The Bertz CT molecular complexity index is 775. The molecule has 3 aromatic rings. The van der Waals surface area contributed by atoms with E-state index in [9.17, 15) is 0 Å². The summed E-state index contributed by atoms with van der Waals surface area (Å²) in [4.78, 5) is 14.7. The summed E-state index contributed by atoms with van der Waals surface area (Å²) in [6.45, 7) is 4.09. The van der Waals surface area contributed by atoms with Crippen molar-refractivity contribution < 1.29 is 5.48 Å². The van der Waals surface area contributed by atoms with Crippen LogP contribution in [-0.2, 0) is 0 Å². The average molecular weight is 333 g/mol. The quantitative estimate of drug-likeness (QED) is 0.784. The molecular formula is C17H21ClN4O. The summed E-state index contributed by atoms with van der Waals surface area (Å²) >= 11 is 0. The third-order valence-corrected chi connectivity index (χ3v) is 4.26. The minimum Gasteiger partial charge on any atom is -0.412 e. The highest BCUT2D eigenvalue weighted by atomic mass is 35.5. The van der Waals surface area contributed by atoms with E-state index in [0.29, 0.717) is 5.92 Å². The van der Waals surface area contributed by atoms with Gasteiger partial charge in [0.1, 0.15) is 5.82 Å². The van der Waals surface area contributed by atoms with Gasteiger partial charge in [-0.15, -0.1) is 12.4 Å². The molecule has 0 saturated carbocycles.